The largest absolute Gasteiger partial charge is 0.371 e. The molecule has 2 aliphatic rings. The summed E-state index contributed by atoms with van der Waals surface area (Å²) in [6.45, 7) is 3.76. The van der Waals surface area contributed by atoms with Crippen LogP contribution in [0.25, 0.3) is 0 Å². The number of morpholine rings is 1. The Morgan fingerprint density at radius 2 is 2.30 bits per heavy atom. The van der Waals surface area contributed by atoms with Crippen molar-refractivity contribution in [3.05, 3.63) is 35.6 Å². The van der Waals surface area contributed by atoms with Gasteiger partial charge in [-0.25, -0.2) is 4.39 Å². The standard InChI is InChI=1S/C16H22FNOS/c1-20-16(6-3-7-16)12-18-8-9-19-15(11-18)13-4-2-5-14(17)10-13/h2,4-5,10,15H,3,6-9,11-12H2,1H3/t15-/m1/s1. The minimum Gasteiger partial charge on any atom is -0.371 e. The van der Waals surface area contributed by atoms with Gasteiger partial charge >= 0.3 is 0 Å². The molecule has 4 heteroatoms. The van der Waals surface area contributed by atoms with Crippen molar-refractivity contribution >= 4 is 11.8 Å². The molecule has 1 aliphatic heterocycles. The van der Waals surface area contributed by atoms with Crippen LogP contribution >= 0.6 is 11.8 Å². The summed E-state index contributed by atoms with van der Waals surface area (Å²) in [5.41, 5.74) is 0.960. The molecule has 3 rings (SSSR count). The van der Waals surface area contributed by atoms with Crippen molar-refractivity contribution < 1.29 is 9.13 Å². The number of nitrogens with zero attached hydrogens (tertiary/aromatic N) is 1. The molecular weight excluding hydrogens is 273 g/mol. The maximum Gasteiger partial charge on any atom is 0.123 e. The molecule has 20 heavy (non-hydrogen) atoms. The summed E-state index contributed by atoms with van der Waals surface area (Å²) in [7, 11) is 0. The highest BCUT2D eigenvalue weighted by Gasteiger charge is 2.38. The first-order valence-electron chi connectivity index (χ1n) is 7.35. The fourth-order valence-corrected chi connectivity index (χ4v) is 4.17. The van der Waals surface area contributed by atoms with Gasteiger partial charge in [-0.15, -0.1) is 0 Å². The monoisotopic (exact) mass is 295 g/mol. The van der Waals surface area contributed by atoms with E-state index in [1.807, 2.05) is 17.8 Å². The Balaban J connectivity index is 1.64. The van der Waals surface area contributed by atoms with Gasteiger partial charge in [-0.05, 0) is 36.8 Å². The molecule has 2 nitrogen and oxygen atoms in total. The van der Waals surface area contributed by atoms with Gasteiger partial charge in [0.1, 0.15) is 5.82 Å². The highest BCUT2D eigenvalue weighted by Crippen LogP contribution is 2.43. The molecule has 0 radical (unpaired) electrons. The summed E-state index contributed by atoms with van der Waals surface area (Å²) in [4.78, 5) is 2.49. The Morgan fingerprint density at radius 3 is 2.95 bits per heavy atom. The van der Waals surface area contributed by atoms with Crippen molar-refractivity contribution in [3.63, 3.8) is 0 Å². The first-order chi connectivity index (χ1) is 9.71. The zero-order valence-electron chi connectivity index (χ0n) is 12.0. The van der Waals surface area contributed by atoms with Crippen molar-refractivity contribution in [3.8, 4) is 0 Å². The van der Waals surface area contributed by atoms with Crippen LogP contribution in [-0.2, 0) is 4.74 Å². The van der Waals surface area contributed by atoms with Gasteiger partial charge in [0.15, 0.2) is 0 Å². The van der Waals surface area contributed by atoms with Gasteiger partial charge in [-0.2, -0.15) is 11.8 Å². The van der Waals surface area contributed by atoms with E-state index in [0.29, 0.717) is 4.75 Å². The second kappa shape index (κ2) is 6.04. The van der Waals surface area contributed by atoms with E-state index in [9.17, 15) is 4.39 Å². The lowest BCUT2D eigenvalue weighted by molar-refractivity contribution is -0.0355. The fraction of sp³-hybridized carbons (Fsp3) is 0.625. The van der Waals surface area contributed by atoms with Crippen molar-refractivity contribution in [1.82, 2.24) is 4.90 Å². The zero-order valence-corrected chi connectivity index (χ0v) is 12.8. The van der Waals surface area contributed by atoms with E-state index in [2.05, 4.69) is 11.2 Å². The zero-order chi connectivity index (χ0) is 14.0. The average molecular weight is 295 g/mol. The third-order valence-electron chi connectivity index (χ3n) is 4.58. The average Bonchev–Trinajstić information content (AvgIpc) is 2.43. The lowest BCUT2D eigenvalue weighted by atomic mass is 9.83. The number of thioether (sulfide) groups is 1. The third-order valence-corrected chi connectivity index (χ3v) is 5.98. The van der Waals surface area contributed by atoms with E-state index in [-0.39, 0.29) is 11.9 Å². The molecule has 1 saturated carbocycles. The molecule has 2 fully saturated rings. The molecule has 0 aromatic heterocycles. The summed E-state index contributed by atoms with van der Waals surface area (Å²) >= 11 is 2.01. The van der Waals surface area contributed by atoms with Crippen LogP contribution in [0.5, 0.6) is 0 Å². The SMILES string of the molecule is CSC1(CN2CCO[C@@H](c3cccc(F)c3)C2)CCC1. The third kappa shape index (κ3) is 3.02. The van der Waals surface area contributed by atoms with Crippen molar-refractivity contribution in [2.45, 2.75) is 30.1 Å². The normalized spacial score (nSPS) is 26.2. The van der Waals surface area contributed by atoms with Gasteiger partial charge in [0.05, 0.1) is 12.7 Å². The molecule has 0 N–H and O–H groups in total. The van der Waals surface area contributed by atoms with E-state index in [4.69, 9.17) is 4.74 Å². The van der Waals surface area contributed by atoms with Crippen LogP contribution < -0.4 is 0 Å². The van der Waals surface area contributed by atoms with E-state index < -0.39 is 0 Å². The molecular formula is C16H22FNOS. The van der Waals surface area contributed by atoms with Crippen LogP contribution in [0.2, 0.25) is 0 Å². The Hall–Kier alpha value is -0.580. The van der Waals surface area contributed by atoms with Crippen molar-refractivity contribution in [1.29, 1.82) is 0 Å². The Kier molecular flexibility index (Phi) is 4.34. The highest BCUT2D eigenvalue weighted by molar-refractivity contribution is 8.00. The Labute approximate surface area is 124 Å². The van der Waals surface area contributed by atoms with E-state index in [0.717, 1.165) is 31.8 Å². The molecule has 0 unspecified atom stereocenters. The topological polar surface area (TPSA) is 12.5 Å². The van der Waals surface area contributed by atoms with Gasteiger partial charge in [-0.3, -0.25) is 4.90 Å². The number of benzene rings is 1. The minimum absolute atomic E-state index is 0.0124. The molecule has 1 aliphatic carbocycles. The summed E-state index contributed by atoms with van der Waals surface area (Å²) in [6.07, 6.45) is 6.26. The molecule has 0 spiro atoms. The lowest BCUT2D eigenvalue weighted by Gasteiger charge is -2.45. The molecule has 0 amide bonds. The number of rotatable bonds is 4. The molecule has 1 atom stereocenters. The molecule has 1 heterocycles. The first kappa shape index (κ1) is 14.4. The van der Waals surface area contributed by atoms with Gasteiger partial charge in [-0.1, -0.05) is 18.6 Å². The Bertz CT molecular complexity index is 458. The van der Waals surface area contributed by atoms with Crippen LogP contribution in [-0.4, -0.2) is 42.1 Å². The minimum atomic E-state index is -0.178. The van der Waals surface area contributed by atoms with E-state index >= 15 is 0 Å². The number of hydrogen-bond acceptors (Lipinski definition) is 3. The van der Waals surface area contributed by atoms with Gasteiger partial charge in [0.2, 0.25) is 0 Å². The van der Waals surface area contributed by atoms with Crippen molar-refractivity contribution in [2.75, 3.05) is 32.5 Å². The molecule has 1 aromatic rings. The van der Waals surface area contributed by atoms with Gasteiger partial charge in [0, 0.05) is 24.4 Å². The number of ether oxygens (including phenoxy) is 1. The summed E-state index contributed by atoms with van der Waals surface area (Å²) in [5.74, 6) is -0.178. The second-order valence-electron chi connectivity index (χ2n) is 5.89. The van der Waals surface area contributed by atoms with Gasteiger partial charge in [0.25, 0.3) is 0 Å². The maximum absolute atomic E-state index is 13.3. The predicted molar refractivity (Wildman–Crippen MR) is 81.6 cm³/mol. The summed E-state index contributed by atoms with van der Waals surface area (Å²) in [6, 6.07) is 6.82. The van der Waals surface area contributed by atoms with Crippen LogP contribution in [0.1, 0.15) is 30.9 Å². The highest BCUT2D eigenvalue weighted by atomic mass is 32.2. The van der Waals surface area contributed by atoms with Crippen molar-refractivity contribution in [2.24, 2.45) is 0 Å². The Morgan fingerprint density at radius 1 is 1.45 bits per heavy atom. The summed E-state index contributed by atoms with van der Waals surface area (Å²) < 4.78 is 19.6. The van der Waals surface area contributed by atoms with Crippen LogP contribution in [0.3, 0.4) is 0 Å². The number of hydrogen-bond donors (Lipinski definition) is 0. The quantitative estimate of drug-likeness (QED) is 0.844. The molecule has 1 saturated heterocycles. The molecule has 0 bridgehead atoms. The van der Waals surface area contributed by atoms with Crippen LogP contribution in [0.4, 0.5) is 4.39 Å². The molecule has 1 aromatic carbocycles. The van der Waals surface area contributed by atoms with Gasteiger partial charge < -0.3 is 4.74 Å². The van der Waals surface area contributed by atoms with E-state index in [1.165, 1.54) is 25.3 Å². The second-order valence-corrected chi connectivity index (χ2v) is 7.16. The molecule has 110 valence electrons. The number of halogens is 1. The first-order valence-corrected chi connectivity index (χ1v) is 8.58. The summed E-state index contributed by atoms with van der Waals surface area (Å²) in [5, 5.41) is 0. The van der Waals surface area contributed by atoms with E-state index in [1.54, 1.807) is 12.1 Å². The fourth-order valence-electron chi connectivity index (χ4n) is 3.16. The maximum atomic E-state index is 13.3. The van der Waals surface area contributed by atoms with Crippen LogP contribution in [0, 0.1) is 5.82 Å². The smallest absolute Gasteiger partial charge is 0.123 e. The predicted octanol–water partition coefficient (Wildman–Crippen LogP) is 3.48. The van der Waals surface area contributed by atoms with Crippen LogP contribution in [0.15, 0.2) is 24.3 Å². The lowest BCUT2D eigenvalue weighted by Crippen LogP contribution is -2.49.